The molecule has 1 heterocycles. The van der Waals surface area contributed by atoms with Crippen molar-refractivity contribution in [2.24, 2.45) is 0 Å². The number of thiophene rings is 1. The maximum Gasteiger partial charge on any atom is 0.265 e. The molecule has 0 fully saturated rings. The Morgan fingerprint density at radius 3 is 2.35 bits per heavy atom. The van der Waals surface area contributed by atoms with E-state index in [0.717, 1.165) is 21.8 Å². The second-order valence-corrected chi connectivity index (χ2v) is 7.08. The highest BCUT2D eigenvalue weighted by Gasteiger charge is 2.18. The molecule has 0 unspecified atom stereocenters. The lowest BCUT2D eigenvalue weighted by molar-refractivity contribution is -0.120. The van der Waals surface area contributed by atoms with Crippen LogP contribution in [-0.2, 0) is 11.3 Å². The van der Waals surface area contributed by atoms with Gasteiger partial charge in [0.05, 0.1) is 6.54 Å². The molecule has 3 aromatic rings. The predicted molar refractivity (Wildman–Crippen MR) is 103 cm³/mol. The number of ether oxygens (including phenoxy) is 1. The van der Waals surface area contributed by atoms with Crippen LogP contribution in [0, 0.1) is 19.7 Å². The van der Waals surface area contributed by atoms with E-state index >= 15 is 0 Å². The fourth-order valence-corrected chi connectivity index (χ4v) is 3.43. The Morgan fingerprint density at radius 1 is 1.04 bits per heavy atom. The van der Waals surface area contributed by atoms with Crippen LogP contribution in [0.5, 0.6) is 5.75 Å². The Labute approximate surface area is 156 Å². The molecule has 0 radical (unpaired) electrons. The highest BCUT2D eigenvalue weighted by Crippen LogP contribution is 2.24. The Morgan fingerprint density at radius 2 is 1.73 bits per heavy atom. The highest BCUT2D eigenvalue weighted by atomic mass is 32.1. The van der Waals surface area contributed by atoms with Crippen LogP contribution in [0.1, 0.15) is 16.0 Å². The fourth-order valence-electron chi connectivity index (χ4n) is 2.74. The molecular formula is C21H20FNO2S. The normalized spacial score (nSPS) is 10.6. The zero-order valence-corrected chi connectivity index (χ0v) is 15.6. The third-order valence-electron chi connectivity index (χ3n) is 4.08. The molecule has 0 aliphatic carbocycles. The van der Waals surface area contributed by atoms with Crippen LogP contribution in [0.3, 0.4) is 0 Å². The smallest absolute Gasteiger partial charge is 0.265 e. The Kier molecular flexibility index (Phi) is 5.68. The highest BCUT2D eigenvalue weighted by molar-refractivity contribution is 7.09. The van der Waals surface area contributed by atoms with Gasteiger partial charge in [0.15, 0.2) is 6.61 Å². The summed E-state index contributed by atoms with van der Waals surface area (Å²) in [7, 11) is 0. The summed E-state index contributed by atoms with van der Waals surface area (Å²) in [6.45, 7) is 4.26. The molecule has 3 nitrogen and oxygen atoms in total. The van der Waals surface area contributed by atoms with E-state index in [1.165, 1.54) is 12.1 Å². The van der Waals surface area contributed by atoms with Gasteiger partial charge in [-0.15, -0.1) is 11.3 Å². The first kappa shape index (κ1) is 18.1. The molecule has 2 aromatic carbocycles. The lowest BCUT2D eigenvalue weighted by atomic mass is 10.1. The van der Waals surface area contributed by atoms with Gasteiger partial charge in [0.2, 0.25) is 0 Å². The predicted octanol–water partition coefficient (Wildman–Crippen LogP) is 5.12. The van der Waals surface area contributed by atoms with Crippen molar-refractivity contribution in [2.45, 2.75) is 20.4 Å². The number of aryl methyl sites for hydroxylation is 2. The monoisotopic (exact) mass is 369 g/mol. The minimum absolute atomic E-state index is 0.0750. The molecule has 0 bridgehead atoms. The Hall–Kier alpha value is -2.66. The second kappa shape index (κ2) is 8.15. The van der Waals surface area contributed by atoms with Crippen molar-refractivity contribution in [2.75, 3.05) is 11.5 Å². The Balaban J connectivity index is 1.79. The van der Waals surface area contributed by atoms with Gasteiger partial charge in [-0.05, 0) is 60.7 Å². The SMILES string of the molecule is Cc1cccc(C)c1OCC(=O)N(Cc1cccs1)c1ccc(F)cc1. The quantitative estimate of drug-likeness (QED) is 0.604. The van der Waals surface area contributed by atoms with Gasteiger partial charge in [0.25, 0.3) is 5.91 Å². The van der Waals surface area contributed by atoms with Gasteiger partial charge in [-0.3, -0.25) is 4.79 Å². The number of para-hydroxylation sites is 1. The van der Waals surface area contributed by atoms with Crippen LogP contribution in [0.25, 0.3) is 0 Å². The van der Waals surface area contributed by atoms with Gasteiger partial charge >= 0.3 is 0 Å². The first-order valence-electron chi connectivity index (χ1n) is 8.32. The molecular weight excluding hydrogens is 349 g/mol. The number of halogens is 1. The number of rotatable bonds is 6. The van der Waals surface area contributed by atoms with Crippen molar-refractivity contribution in [3.63, 3.8) is 0 Å². The third-order valence-corrected chi connectivity index (χ3v) is 4.94. The lowest BCUT2D eigenvalue weighted by Crippen LogP contribution is -2.34. The first-order valence-corrected chi connectivity index (χ1v) is 9.20. The molecule has 0 saturated heterocycles. The molecule has 0 spiro atoms. The van der Waals surface area contributed by atoms with Crippen molar-refractivity contribution in [1.29, 1.82) is 0 Å². The summed E-state index contributed by atoms with van der Waals surface area (Å²) >= 11 is 1.58. The van der Waals surface area contributed by atoms with E-state index in [2.05, 4.69) is 0 Å². The number of hydrogen-bond donors (Lipinski definition) is 0. The van der Waals surface area contributed by atoms with Crippen molar-refractivity contribution in [3.05, 3.63) is 81.8 Å². The number of carbonyl (C=O) groups is 1. The van der Waals surface area contributed by atoms with Crippen LogP contribution in [-0.4, -0.2) is 12.5 Å². The maximum absolute atomic E-state index is 13.3. The van der Waals surface area contributed by atoms with E-state index in [4.69, 9.17) is 4.74 Å². The van der Waals surface area contributed by atoms with Crippen molar-refractivity contribution < 1.29 is 13.9 Å². The van der Waals surface area contributed by atoms with Crippen LogP contribution < -0.4 is 9.64 Å². The maximum atomic E-state index is 13.3. The van der Waals surface area contributed by atoms with Gasteiger partial charge in [-0.1, -0.05) is 24.3 Å². The summed E-state index contributed by atoms with van der Waals surface area (Å²) in [5.74, 6) is 0.229. The van der Waals surface area contributed by atoms with Gasteiger partial charge in [0, 0.05) is 10.6 Å². The molecule has 26 heavy (non-hydrogen) atoms. The zero-order valence-electron chi connectivity index (χ0n) is 14.7. The molecule has 1 amide bonds. The molecule has 0 atom stereocenters. The van der Waals surface area contributed by atoms with Crippen LogP contribution in [0.15, 0.2) is 60.0 Å². The largest absolute Gasteiger partial charge is 0.483 e. The molecule has 134 valence electrons. The average molecular weight is 369 g/mol. The van der Waals surface area contributed by atoms with E-state index in [9.17, 15) is 9.18 Å². The van der Waals surface area contributed by atoms with Crippen LogP contribution in [0.2, 0.25) is 0 Å². The molecule has 0 N–H and O–H groups in total. The minimum atomic E-state index is -0.330. The number of hydrogen-bond acceptors (Lipinski definition) is 3. The molecule has 1 aromatic heterocycles. The number of nitrogens with zero attached hydrogens (tertiary/aromatic N) is 1. The van der Waals surface area contributed by atoms with E-state index in [0.29, 0.717) is 12.2 Å². The fraction of sp³-hybridized carbons (Fsp3) is 0.190. The van der Waals surface area contributed by atoms with E-state index < -0.39 is 0 Å². The van der Waals surface area contributed by atoms with Gasteiger partial charge in [-0.25, -0.2) is 4.39 Å². The molecule has 5 heteroatoms. The number of amides is 1. The van der Waals surface area contributed by atoms with Crippen molar-refractivity contribution >= 4 is 22.9 Å². The van der Waals surface area contributed by atoms with Gasteiger partial charge < -0.3 is 9.64 Å². The van der Waals surface area contributed by atoms with Crippen LogP contribution in [0.4, 0.5) is 10.1 Å². The summed E-state index contributed by atoms with van der Waals surface area (Å²) in [4.78, 5) is 15.5. The molecule has 0 saturated carbocycles. The minimum Gasteiger partial charge on any atom is -0.483 e. The first-order chi connectivity index (χ1) is 12.5. The molecule has 3 rings (SSSR count). The van der Waals surface area contributed by atoms with Crippen molar-refractivity contribution in [1.82, 2.24) is 0 Å². The van der Waals surface area contributed by atoms with E-state index in [1.54, 1.807) is 28.4 Å². The third kappa shape index (κ3) is 4.29. The van der Waals surface area contributed by atoms with Gasteiger partial charge in [-0.2, -0.15) is 0 Å². The Bertz CT molecular complexity index is 855. The summed E-state index contributed by atoms with van der Waals surface area (Å²) in [6.07, 6.45) is 0. The second-order valence-electron chi connectivity index (χ2n) is 6.05. The molecule has 0 aliphatic rings. The number of anilines is 1. The van der Waals surface area contributed by atoms with Gasteiger partial charge in [0.1, 0.15) is 11.6 Å². The topological polar surface area (TPSA) is 29.5 Å². The number of carbonyl (C=O) groups excluding carboxylic acids is 1. The zero-order chi connectivity index (χ0) is 18.5. The summed E-state index contributed by atoms with van der Waals surface area (Å²) < 4.78 is 19.1. The van der Waals surface area contributed by atoms with Crippen molar-refractivity contribution in [3.8, 4) is 5.75 Å². The summed E-state index contributed by atoms with van der Waals surface area (Å²) in [5.41, 5.74) is 2.63. The molecule has 0 aliphatic heterocycles. The van der Waals surface area contributed by atoms with E-state index in [-0.39, 0.29) is 18.3 Å². The number of benzene rings is 2. The standard InChI is InChI=1S/C21H20FNO2S/c1-15-5-3-6-16(2)21(15)25-14-20(24)23(13-19-7-4-12-26-19)18-10-8-17(22)9-11-18/h3-12H,13-14H2,1-2H3. The van der Waals surface area contributed by atoms with E-state index in [1.807, 2.05) is 49.6 Å². The summed E-state index contributed by atoms with van der Waals surface area (Å²) in [6, 6.07) is 15.7. The lowest BCUT2D eigenvalue weighted by Gasteiger charge is -2.23. The average Bonchev–Trinajstić information content (AvgIpc) is 3.13. The summed E-state index contributed by atoms with van der Waals surface area (Å²) in [5, 5.41) is 1.97. The van der Waals surface area contributed by atoms with Crippen LogP contribution >= 0.6 is 11.3 Å².